The van der Waals surface area contributed by atoms with E-state index in [1.165, 1.54) is 18.3 Å². The average molecular weight is 262 g/mol. The maximum atomic E-state index is 11.8. The highest BCUT2D eigenvalue weighted by molar-refractivity contribution is 5.80. The van der Waals surface area contributed by atoms with E-state index in [4.69, 9.17) is 0 Å². The molecule has 1 amide bonds. The summed E-state index contributed by atoms with van der Waals surface area (Å²) in [5, 5.41) is 13.9. The predicted octanol–water partition coefficient (Wildman–Crippen LogP) is 1.17. The molecule has 2 fully saturated rings. The number of nitrogens with one attached hydrogen (secondary N) is 1. The fourth-order valence-electron chi connectivity index (χ4n) is 2.42. The van der Waals surface area contributed by atoms with Gasteiger partial charge in [-0.2, -0.15) is 0 Å². The van der Waals surface area contributed by atoms with Crippen molar-refractivity contribution in [3.05, 3.63) is 28.4 Å². The summed E-state index contributed by atoms with van der Waals surface area (Å²) >= 11 is 0. The third-order valence-electron chi connectivity index (χ3n) is 3.47. The normalized spacial score (nSPS) is 22.6. The SMILES string of the molecule is O=C1CC(Nc2ncccc2[N+](=O)[O-])CN1C1CC1. The molecule has 1 aliphatic carbocycles. The van der Waals surface area contributed by atoms with Crippen LogP contribution < -0.4 is 5.32 Å². The first-order valence-corrected chi connectivity index (χ1v) is 6.30. The fraction of sp³-hybridized carbons (Fsp3) is 0.500. The summed E-state index contributed by atoms with van der Waals surface area (Å²) in [5.74, 6) is 0.363. The number of likely N-dealkylation sites (tertiary alicyclic amines) is 1. The van der Waals surface area contributed by atoms with E-state index in [2.05, 4.69) is 10.3 Å². The second-order valence-corrected chi connectivity index (χ2v) is 4.95. The Morgan fingerprint density at radius 1 is 1.47 bits per heavy atom. The van der Waals surface area contributed by atoms with Crippen LogP contribution in [0.3, 0.4) is 0 Å². The minimum Gasteiger partial charge on any atom is -0.359 e. The van der Waals surface area contributed by atoms with E-state index in [1.807, 2.05) is 4.90 Å². The Labute approximate surface area is 109 Å². The largest absolute Gasteiger partial charge is 0.359 e. The number of rotatable bonds is 4. The highest BCUT2D eigenvalue weighted by atomic mass is 16.6. The van der Waals surface area contributed by atoms with Crippen molar-refractivity contribution in [1.82, 2.24) is 9.88 Å². The maximum Gasteiger partial charge on any atom is 0.311 e. The van der Waals surface area contributed by atoms with E-state index in [1.54, 1.807) is 0 Å². The summed E-state index contributed by atoms with van der Waals surface area (Å²) in [5.41, 5.74) is -0.0557. The van der Waals surface area contributed by atoms with Gasteiger partial charge in [0, 0.05) is 31.3 Å². The number of aromatic nitrogens is 1. The Hall–Kier alpha value is -2.18. The van der Waals surface area contributed by atoms with Crippen molar-refractivity contribution in [2.75, 3.05) is 11.9 Å². The summed E-state index contributed by atoms with van der Waals surface area (Å²) < 4.78 is 0. The van der Waals surface area contributed by atoms with Crippen LogP contribution in [0.4, 0.5) is 11.5 Å². The van der Waals surface area contributed by atoms with Crippen molar-refractivity contribution in [2.45, 2.75) is 31.3 Å². The van der Waals surface area contributed by atoms with Crippen LogP contribution in [-0.4, -0.2) is 39.3 Å². The lowest BCUT2D eigenvalue weighted by atomic mass is 10.2. The van der Waals surface area contributed by atoms with E-state index >= 15 is 0 Å². The third-order valence-corrected chi connectivity index (χ3v) is 3.47. The van der Waals surface area contributed by atoms with Gasteiger partial charge in [0.1, 0.15) is 0 Å². The topological polar surface area (TPSA) is 88.4 Å². The number of amides is 1. The number of nitro groups is 1. The van der Waals surface area contributed by atoms with Gasteiger partial charge in [-0.25, -0.2) is 4.98 Å². The molecule has 0 spiro atoms. The zero-order chi connectivity index (χ0) is 13.4. The molecule has 0 aromatic carbocycles. The van der Waals surface area contributed by atoms with Crippen molar-refractivity contribution >= 4 is 17.4 Å². The summed E-state index contributed by atoms with van der Waals surface area (Å²) in [6, 6.07) is 3.23. The zero-order valence-electron chi connectivity index (χ0n) is 10.3. The lowest BCUT2D eigenvalue weighted by Gasteiger charge is -2.16. The van der Waals surface area contributed by atoms with E-state index < -0.39 is 4.92 Å². The van der Waals surface area contributed by atoms with Crippen molar-refractivity contribution in [3.63, 3.8) is 0 Å². The monoisotopic (exact) mass is 262 g/mol. The van der Waals surface area contributed by atoms with E-state index in [0.29, 0.717) is 19.0 Å². The lowest BCUT2D eigenvalue weighted by Crippen LogP contribution is -2.30. The summed E-state index contributed by atoms with van der Waals surface area (Å²) in [6.45, 7) is 0.608. The Morgan fingerprint density at radius 2 is 2.26 bits per heavy atom. The van der Waals surface area contributed by atoms with Gasteiger partial charge in [-0.15, -0.1) is 0 Å². The molecule has 1 saturated carbocycles. The number of hydrogen-bond acceptors (Lipinski definition) is 5. The number of carbonyl (C=O) groups excluding carboxylic acids is 1. The second-order valence-electron chi connectivity index (χ2n) is 4.95. The maximum absolute atomic E-state index is 11.8. The van der Waals surface area contributed by atoms with Gasteiger partial charge in [0.15, 0.2) is 0 Å². The Balaban J connectivity index is 1.72. The van der Waals surface area contributed by atoms with Gasteiger partial charge in [-0.3, -0.25) is 14.9 Å². The molecule has 0 bridgehead atoms. The van der Waals surface area contributed by atoms with Crippen LogP contribution in [0.15, 0.2) is 18.3 Å². The molecule has 1 aliphatic heterocycles. The van der Waals surface area contributed by atoms with Crippen molar-refractivity contribution in [3.8, 4) is 0 Å². The number of pyridine rings is 1. The van der Waals surface area contributed by atoms with E-state index in [9.17, 15) is 14.9 Å². The average Bonchev–Trinajstić information content (AvgIpc) is 3.15. The number of hydrogen-bond donors (Lipinski definition) is 1. The molecule has 2 aliphatic rings. The highest BCUT2D eigenvalue weighted by Gasteiger charge is 2.39. The minimum atomic E-state index is -0.467. The standard InChI is InChI=1S/C12H14N4O3/c17-11-6-8(7-15(11)9-3-4-9)14-12-10(16(18)19)2-1-5-13-12/h1-2,5,8-9H,3-4,6-7H2,(H,13,14). The number of carbonyl (C=O) groups is 1. The van der Waals surface area contributed by atoms with Gasteiger partial charge >= 0.3 is 5.69 Å². The Morgan fingerprint density at radius 3 is 2.95 bits per heavy atom. The van der Waals surface area contributed by atoms with E-state index in [-0.39, 0.29) is 23.5 Å². The fourth-order valence-corrected chi connectivity index (χ4v) is 2.42. The van der Waals surface area contributed by atoms with Crippen LogP contribution in [0.25, 0.3) is 0 Å². The summed E-state index contributed by atoms with van der Waals surface area (Å²) in [6.07, 6.45) is 4.03. The van der Waals surface area contributed by atoms with Crippen molar-refractivity contribution in [1.29, 1.82) is 0 Å². The van der Waals surface area contributed by atoms with Gasteiger partial charge in [-0.1, -0.05) is 0 Å². The van der Waals surface area contributed by atoms with Crippen molar-refractivity contribution < 1.29 is 9.72 Å². The predicted molar refractivity (Wildman–Crippen MR) is 67.7 cm³/mol. The molecule has 1 aromatic rings. The minimum absolute atomic E-state index is 0.0557. The first kappa shape index (κ1) is 11.9. The van der Waals surface area contributed by atoms with Crippen LogP contribution >= 0.6 is 0 Å². The molecule has 1 saturated heterocycles. The van der Waals surface area contributed by atoms with Gasteiger partial charge in [-0.05, 0) is 18.9 Å². The van der Waals surface area contributed by atoms with Crippen LogP contribution in [0.5, 0.6) is 0 Å². The van der Waals surface area contributed by atoms with Crippen LogP contribution in [0, 0.1) is 10.1 Å². The first-order valence-electron chi connectivity index (χ1n) is 6.30. The lowest BCUT2D eigenvalue weighted by molar-refractivity contribution is -0.384. The smallest absolute Gasteiger partial charge is 0.311 e. The molecular weight excluding hydrogens is 248 g/mol. The molecule has 19 heavy (non-hydrogen) atoms. The molecule has 0 radical (unpaired) electrons. The number of nitrogens with zero attached hydrogens (tertiary/aromatic N) is 3. The summed E-state index contributed by atoms with van der Waals surface area (Å²) in [4.78, 5) is 28.1. The molecule has 1 unspecified atom stereocenters. The van der Waals surface area contributed by atoms with Gasteiger partial charge < -0.3 is 10.2 Å². The Bertz CT molecular complexity index is 529. The van der Waals surface area contributed by atoms with Crippen LogP contribution in [0.1, 0.15) is 19.3 Å². The van der Waals surface area contributed by atoms with Gasteiger partial charge in [0.2, 0.25) is 11.7 Å². The molecule has 7 heteroatoms. The number of anilines is 1. The molecule has 3 rings (SSSR count). The van der Waals surface area contributed by atoms with Crippen LogP contribution in [0.2, 0.25) is 0 Å². The molecule has 100 valence electrons. The van der Waals surface area contributed by atoms with Crippen molar-refractivity contribution in [2.24, 2.45) is 0 Å². The van der Waals surface area contributed by atoms with E-state index in [0.717, 1.165) is 12.8 Å². The van der Waals surface area contributed by atoms with Gasteiger partial charge in [0.25, 0.3) is 0 Å². The quantitative estimate of drug-likeness (QED) is 0.649. The molecule has 7 nitrogen and oxygen atoms in total. The molecule has 1 N–H and O–H groups in total. The van der Waals surface area contributed by atoms with Crippen LogP contribution in [-0.2, 0) is 4.79 Å². The Kier molecular flexibility index (Phi) is 2.81. The third kappa shape index (κ3) is 2.35. The zero-order valence-corrected chi connectivity index (χ0v) is 10.3. The molecule has 1 aromatic heterocycles. The molecular formula is C12H14N4O3. The summed E-state index contributed by atoms with van der Waals surface area (Å²) in [7, 11) is 0. The molecule has 2 heterocycles. The first-order chi connectivity index (χ1) is 9.15. The molecule has 1 atom stereocenters. The van der Waals surface area contributed by atoms with Gasteiger partial charge in [0.05, 0.1) is 11.0 Å². The highest BCUT2D eigenvalue weighted by Crippen LogP contribution is 2.32. The second kappa shape index (κ2) is 4.49.